The number of aryl methyl sites for hydroxylation is 1. The lowest BCUT2D eigenvalue weighted by molar-refractivity contribution is -0.189. The Balaban J connectivity index is 1.47. The number of hydrogen-bond acceptors (Lipinski definition) is 1. The molecule has 36 heavy (non-hydrogen) atoms. The van der Waals surface area contributed by atoms with Crippen molar-refractivity contribution in [1.29, 1.82) is 0 Å². The molecule has 0 aromatic heterocycles. The van der Waals surface area contributed by atoms with Gasteiger partial charge in [-0.2, -0.15) is 8.78 Å². The maximum atomic E-state index is 14.8. The number of halogens is 6. The fourth-order valence-electron chi connectivity index (χ4n) is 5.79. The zero-order valence-electron chi connectivity index (χ0n) is 20.9. The van der Waals surface area contributed by atoms with Crippen LogP contribution in [0.15, 0.2) is 24.3 Å². The molecule has 0 unspecified atom stereocenters. The fraction of sp³-hybridized carbons (Fsp3) is 0.586. The summed E-state index contributed by atoms with van der Waals surface area (Å²) >= 11 is 0. The molecule has 0 saturated heterocycles. The van der Waals surface area contributed by atoms with E-state index < -0.39 is 40.7 Å². The number of ether oxygens (including phenoxy) is 1. The summed E-state index contributed by atoms with van der Waals surface area (Å²) in [5.74, 6) is -4.41. The minimum atomic E-state index is -4.45. The van der Waals surface area contributed by atoms with Crippen LogP contribution in [0.5, 0.6) is 5.75 Å². The van der Waals surface area contributed by atoms with Gasteiger partial charge in [0.2, 0.25) is 0 Å². The van der Waals surface area contributed by atoms with Crippen molar-refractivity contribution in [3.8, 4) is 5.75 Å². The van der Waals surface area contributed by atoms with Crippen LogP contribution in [0.1, 0.15) is 94.2 Å². The Morgan fingerprint density at radius 3 is 1.75 bits per heavy atom. The first-order valence-electron chi connectivity index (χ1n) is 13.1. The minimum absolute atomic E-state index is 0.147. The van der Waals surface area contributed by atoms with E-state index in [4.69, 9.17) is 0 Å². The molecule has 7 heteroatoms. The van der Waals surface area contributed by atoms with E-state index in [0.29, 0.717) is 54.7 Å². The molecule has 2 aromatic carbocycles. The van der Waals surface area contributed by atoms with E-state index in [1.54, 1.807) is 0 Å². The third-order valence-electron chi connectivity index (χ3n) is 8.09. The second kappa shape index (κ2) is 11.1. The van der Waals surface area contributed by atoms with Crippen molar-refractivity contribution in [2.24, 2.45) is 17.8 Å². The molecule has 0 radical (unpaired) electrons. The Labute approximate surface area is 209 Å². The highest BCUT2D eigenvalue weighted by molar-refractivity contribution is 5.35. The molecule has 0 spiro atoms. The lowest BCUT2D eigenvalue weighted by atomic mass is 9.79. The van der Waals surface area contributed by atoms with Gasteiger partial charge in [0, 0.05) is 17.7 Å². The van der Waals surface area contributed by atoms with Crippen molar-refractivity contribution in [3.05, 3.63) is 64.2 Å². The maximum absolute atomic E-state index is 14.8. The predicted octanol–water partition coefficient (Wildman–Crippen LogP) is 9.42. The van der Waals surface area contributed by atoms with Crippen LogP contribution in [0.4, 0.5) is 26.3 Å². The van der Waals surface area contributed by atoms with Crippen molar-refractivity contribution in [3.63, 3.8) is 0 Å². The first-order chi connectivity index (χ1) is 17.0. The Morgan fingerprint density at radius 2 is 1.22 bits per heavy atom. The van der Waals surface area contributed by atoms with Gasteiger partial charge in [0.05, 0.1) is 0 Å². The van der Waals surface area contributed by atoms with Crippen LogP contribution in [-0.4, -0.2) is 0 Å². The van der Waals surface area contributed by atoms with Crippen LogP contribution in [-0.2, 0) is 12.5 Å². The monoisotopic (exact) mass is 512 g/mol. The molecule has 0 atom stereocenters. The summed E-state index contributed by atoms with van der Waals surface area (Å²) in [4.78, 5) is 0. The SMILES string of the molecule is CC1CCC(CCc2cc(F)c(C(F)(F)Oc3cc(F)c(C4CCC(C)CC4)c(F)c3)c(F)c2)CC1. The molecular weight excluding hydrogens is 478 g/mol. The van der Waals surface area contributed by atoms with Gasteiger partial charge in [0.25, 0.3) is 0 Å². The Bertz CT molecular complexity index is 1010. The van der Waals surface area contributed by atoms with Crippen molar-refractivity contribution < 1.29 is 31.1 Å². The second-order valence-corrected chi connectivity index (χ2v) is 11.0. The lowest BCUT2D eigenvalue weighted by Gasteiger charge is -2.27. The molecule has 2 aliphatic rings. The van der Waals surface area contributed by atoms with Gasteiger partial charge in [-0.25, -0.2) is 17.6 Å². The maximum Gasteiger partial charge on any atom is 0.432 e. The molecule has 1 nitrogen and oxygen atoms in total. The van der Waals surface area contributed by atoms with Crippen molar-refractivity contribution in [1.82, 2.24) is 0 Å². The molecule has 0 heterocycles. The average Bonchev–Trinajstić information content (AvgIpc) is 2.78. The highest BCUT2D eigenvalue weighted by Gasteiger charge is 2.41. The van der Waals surface area contributed by atoms with Gasteiger partial charge >= 0.3 is 6.11 Å². The topological polar surface area (TPSA) is 9.23 Å². The van der Waals surface area contributed by atoms with Gasteiger partial charge < -0.3 is 4.74 Å². The van der Waals surface area contributed by atoms with Crippen LogP contribution in [0.2, 0.25) is 0 Å². The summed E-state index contributed by atoms with van der Waals surface area (Å²) < 4.78 is 92.9. The molecule has 0 N–H and O–H groups in total. The minimum Gasteiger partial charge on any atom is -0.429 e. The van der Waals surface area contributed by atoms with Crippen LogP contribution in [0, 0.1) is 41.0 Å². The van der Waals surface area contributed by atoms with Gasteiger partial charge in [-0.05, 0) is 67.1 Å². The van der Waals surface area contributed by atoms with E-state index in [1.165, 1.54) is 0 Å². The Morgan fingerprint density at radius 1 is 0.722 bits per heavy atom. The first kappa shape index (κ1) is 26.9. The van der Waals surface area contributed by atoms with E-state index in [2.05, 4.69) is 18.6 Å². The summed E-state index contributed by atoms with van der Waals surface area (Å²) in [5.41, 5.74) is -1.41. The molecule has 2 aliphatic carbocycles. The van der Waals surface area contributed by atoms with E-state index in [0.717, 1.165) is 57.1 Å². The number of hydrogen-bond donors (Lipinski definition) is 0. The quantitative estimate of drug-likeness (QED) is 0.336. The molecule has 4 rings (SSSR count). The van der Waals surface area contributed by atoms with Gasteiger partial charge in [0.15, 0.2) is 0 Å². The molecule has 2 aromatic rings. The largest absolute Gasteiger partial charge is 0.432 e. The molecule has 0 aliphatic heterocycles. The Kier molecular flexibility index (Phi) is 8.25. The highest BCUT2D eigenvalue weighted by Crippen LogP contribution is 2.41. The smallest absolute Gasteiger partial charge is 0.429 e. The van der Waals surface area contributed by atoms with Crippen molar-refractivity contribution in [2.45, 2.75) is 90.1 Å². The van der Waals surface area contributed by atoms with Gasteiger partial charge in [-0.3, -0.25) is 0 Å². The van der Waals surface area contributed by atoms with Gasteiger partial charge in [-0.1, -0.05) is 52.4 Å². The van der Waals surface area contributed by atoms with Crippen LogP contribution >= 0.6 is 0 Å². The predicted molar refractivity (Wildman–Crippen MR) is 127 cm³/mol. The molecule has 198 valence electrons. The van der Waals surface area contributed by atoms with E-state index in [9.17, 15) is 26.3 Å². The molecule has 2 fully saturated rings. The third-order valence-corrected chi connectivity index (χ3v) is 8.09. The van der Waals surface area contributed by atoms with Gasteiger partial charge in [-0.15, -0.1) is 0 Å². The Hall–Kier alpha value is -2.18. The normalized spacial score (nSPS) is 25.1. The standard InChI is InChI=1S/C29H34F6O/c1-17-3-7-19(8-4-17)9-10-20-13-25(32)28(26(33)14-20)29(34,35)36-22-15-23(30)27(24(31)16-22)21-11-5-18(2)6-12-21/h13-19,21H,3-12H2,1-2H3. The highest BCUT2D eigenvalue weighted by atomic mass is 19.3. The summed E-state index contributed by atoms with van der Waals surface area (Å²) in [6.45, 7) is 4.28. The van der Waals surface area contributed by atoms with Crippen molar-refractivity contribution >= 4 is 0 Å². The first-order valence-corrected chi connectivity index (χ1v) is 13.1. The van der Waals surface area contributed by atoms with Crippen LogP contribution < -0.4 is 4.74 Å². The number of rotatable bonds is 7. The molecule has 0 bridgehead atoms. The summed E-state index contributed by atoms with van der Waals surface area (Å²) in [5, 5.41) is 0. The van der Waals surface area contributed by atoms with Crippen LogP contribution in [0.25, 0.3) is 0 Å². The van der Waals surface area contributed by atoms with E-state index in [1.807, 2.05) is 0 Å². The fourth-order valence-corrected chi connectivity index (χ4v) is 5.79. The van der Waals surface area contributed by atoms with Gasteiger partial charge in [0.1, 0.15) is 34.6 Å². The zero-order valence-corrected chi connectivity index (χ0v) is 20.9. The van der Waals surface area contributed by atoms with Crippen LogP contribution in [0.3, 0.4) is 0 Å². The van der Waals surface area contributed by atoms with E-state index in [-0.39, 0.29) is 11.5 Å². The molecule has 0 amide bonds. The number of benzene rings is 2. The summed E-state index contributed by atoms with van der Waals surface area (Å²) in [6.07, 6.45) is 3.90. The lowest BCUT2D eigenvalue weighted by Crippen LogP contribution is -2.26. The summed E-state index contributed by atoms with van der Waals surface area (Å²) in [6, 6.07) is 3.13. The average molecular weight is 513 g/mol. The second-order valence-electron chi connectivity index (χ2n) is 11.0. The third kappa shape index (κ3) is 6.20. The zero-order chi connectivity index (χ0) is 26.0. The number of alkyl halides is 2. The summed E-state index contributed by atoms with van der Waals surface area (Å²) in [7, 11) is 0. The molecular formula is C29H34F6O. The van der Waals surface area contributed by atoms with Crippen molar-refractivity contribution in [2.75, 3.05) is 0 Å². The van der Waals surface area contributed by atoms with E-state index >= 15 is 0 Å². The molecule has 2 saturated carbocycles.